The number of aromatic nitrogens is 2. The third kappa shape index (κ3) is 18.5. The average Bonchev–Trinajstić information content (AvgIpc) is 2.49. The number of carbonyl (C=O) groups is 4. The van der Waals surface area contributed by atoms with Crippen LogP contribution in [0.3, 0.4) is 0 Å². The number of rotatable bonds is 24. The molecule has 8 rings (SSSR count). The van der Waals surface area contributed by atoms with Gasteiger partial charge in [0, 0.05) is 84.7 Å². The molecule has 0 aliphatic carbocycles. The van der Waals surface area contributed by atoms with Crippen molar-refractivity contribution >= 4 is 111 Å². The van der Waals surface area contributed by atoms with Crippen LogP contribution in [-0.4, -0.2) is 163 Å². The summed E-state index contributed by atoms with van der Waals surface area (Å²) in [5, 5.41) is 65.6. The molecule has 8 aromatic rings. The van der Waals surface area contributed by atoms with Crippen LogP contribution in [0, 0.1) is 11.6 Å². The minimum atomic E-state index is -1.18. The van der Waals surface area contributed by atoms with Crippen LogP contribution in [0.15, 0.2) is 170 Å². The monoisotopic (exact) mass is 1200 g/mol. The first kappa shape index (κ1) is 68.8. The first-order chi connectivity index (χ1) is 39.3. The van der Waals surface area contributed by atoms with Gasteiger partial charge in [0.15, 0.2) is 0 Å². The molecule has 0 unspecified atom stereocenters. The van der Waals surface area contributed by atoms with Gasteiger partial charge in [-0.25, -0.2) is 8.78 Å². The molecular formula is C66H72Ca2F2N4O10. The Labute approximate surface area is 548 Å². The van der Waals surface area contributed by atoms with Gasteiger partial charge in [0.25, 0.3) is 11.8 Å². The second-order valence-corrected chi connectivity index (χ2v) is 20.8. The van der Waals surface area contributed by atoms with E-state index < -0.39 is 49.2 Å². The van der Waals surface area contributed by atoms with Crippen molar-refractivity contribution in [3.05, 3.63) is 204 Å². The Balaban J connectivity index is 0.000000300. The van der Waals surface area contributed by atoms with E-state index in [1.807, 2.05) is 158 Å². The molecule has 2 radical (unpaired) electrons. The van der Waals surface area contributed by atoms with Gasteiger partial charge in [0.2, 0.25) is 0 Å². The fourth-order valence-electron chi connectivity index (χ4n) is 10.4. The molecule has 434 valence electrons. The van der Waals surface area contributed by atoms with Crippen molar-refractivity contribution < 1.29 is 58.6 Å². The predicted molar refractivity (Wildman–Crippen MR) is 329 cm³/mol. The quantitative estimate of drug-likeness (QED) is 0.0267. The first-order valence-corrected chi connectivity index (χ1v) is 27.3. The number of nitrogens with zero attached hydrogens (tertiary/aromatic N) is 2. The summed E-state index contributed by atoms with van der Waals surface area (Å²) in [7, 11) is 0. The number of carbonyl (C=O) groups excluding carboxylic acids is 2. The Hall–Kier alpha value is -6.02. The van der Waals surface area contributed by atoms with Crippen molar-refractivity contribution in [2.75, 3.05) is 10.6 Å². The summed E-state index contributed by atoms with van der Waals surface area (Å²) >= 11 is 0. The summed E-state index contributed by atoms with van der Waals surface area (Å²) in [6, 6.07) is 49.6. The summed E-state index contributed by atoms with van der Waals surface area (Å²) in [6.07, 6.45) is -5.01. The van der Waals surface area contributed by atoms with Gasteiger partial charge in [0.1, 0.15) is 11.6 Å². The van der Waals surface area contributed by atoms with Crippen molar-refractivity contribution in [3.63, 3.8) is 0 Å². The fraction of sp³-hybridized carbons (Fsp3) is 0.273. The number of carboxylic acid groups (broad SMARTS) is 2. The number of hydrogen-bond donors (Lipinski definition) is 8. The van der Waals surface area contributed by atoms with Crippen LogP contribution in [0.1, 0.15) is 110 Å². The molecule has 8 N–H and O–H groups in total. The molecule has 0 aliphatic rings. The number of carboxylic acids is 2. The van der Waals surface area contributed by atoms with E-state index in [-0.39, 0.29) is 150 Å². The maximum Gasteiger partial charge on any atom is 0 e. The zero-order valence-electron chi connectivity index (χ0n) is 47.0. The van der Waals surface area contributed by atoms with E-state index in [0.717, 1.165) is 22.5 Å². The van der Waals surface area contributed by atoms with Gasteiger partial charge in [-0.2, -0.15) is 0 Å². The minimum absolute atomic E-state index is 0. The number of benzene rings is 6. The van der Waals surface area contributed by atoms with Crippen LogP contribution in [0.5, 0.6) is 0 Å². The predicted octanol–water partition coefficient (Wildman–Crippen LogP) is 11.3. The van der Waals surface area contributed by atoms with Crippen molar-refractivity contribution in [2.24, 2.45) is 0 Å². The number of aliphatic hydroxyl groups excluding tert-OH is 4. The van der Waals surface area contributed by atoms with Gasteiger partial charge in [-0.15, -0.1) is 0 Å². The third-order valence-corrected chi connectivity index (χ3v) is 13.9. The molecular weight excluding hydrogens is 1130 g/mol. The molecule has 84 heavy (non-hydrogen) atoms. The molecule has 6 aromatic carbocycles. The van der Waals surface area contributed by atoms with Crippen LogP contribution >= 0.6 is 0 Å². The third-order valence-electron chi connectivity index (χ3n) is 13.9. The molecule has 4 atom stereocenters. The summed E-state index contributed by atoms with van der Waals surface area (Å²) < 4.78 is 32.0. The minimum Gasteiger partial charge on any atom is 0 e. The Morgan fingerprint density at radius 3 is 1.02 bits per heavy atom. The number of para-hydroxylation sites is 2. The van der Waals surface area contributed by atoms with Crippen LogP contribution < -0.4 is 10.6 Å². The molecule has 2 heterocycles. The van der Waals surface area contributed by atoms with Crippen LogP contribution in [0.25, 0.3) is 44.8 Å². The second kappa shape index (κ2) is 33.0. The van der Waals surface area contributed by atoms with Crippen molar-refractivity contribution in [1.82, 2.24) is 9.13 Å². The SMILES string of the molecule is CC(C)c1c(C(=O)Nc2ccccc2)c(-c2ccccc2)c(-c2ccc(F)cc2)n1CC[C@@H](O)C[C@@H](O)CC(=O)O.CC(C)c1c(C(=O)Nc2ccccc2)c(-c2ccccc2)c(-c2ccc(F)cc2)n1CC[C@@H](O)C[C@@H](O)CC(=O)O.[CaH2].[Ca]. The van der Waals surface area contributed by atoms with Gasteiger partial charge in [-0.3, -0.25) is 19.2 Å². The van der Waals surface area contributed by atoms with Crippen molar-refractivity contribution in [3.8, 4) is 44.8 Å². The second-order valence-electron chi connectivity index (χ2n) is 20.8. The Morgan fingerprint density at radius 1 is 0.440 bits per heavy atom. The number of halogens is 2. The number of nitrogens with one attached hydrogen (secondary N) is 2. The van der Waals surface area contributed by atoms with Gasteiger partial charge in [-0.1, -0.05) is 125 Å². The fourth-order valence-corrected chi connectivity index (χ4v) is 10.4. The number of amides is 2. The van der Waals surface area contributed by atoms with E-state index in [4.69, 9.17) is 10.2 Å². The zero-order valence-corrected chi connectivity index (χ0v) is 49.2. The van der Waals surface area contributed by atoms with Crippen molar-refractivity contribution in [2.45, 2.75) is 116 Å². The number of aliphatic hydroxyl groups is 4. The van der Waals surface area contributed by atoms with E-state index in [1.54, 1.807) is 24.3 Å². The smallest absolute Gasteiger partial charge is 0 e. The maximum absolute atomic E-state index is 14.0. The molecule has 0 fully saturated rings. The number of hydrogen-bond acceptors (Lipinski definition) is 8. The Bertz CT molecular complexity index is 3170. The van der Waals surface area contributed by atoms with Gasteiger partial charge in [0.05, 0.1) is 59.8 Å². The summed E-state index contributed by atoms with van der Waals surface area (Å²) in [5.74, 6) is -3.87. The zero-order chi connectivity index (χ0) is 59.0. The average molecular weight is 1200 g/mol. The number of aliphatic carboxylic acids is 2. The van der Waals surface area contributed by atoms with Gasteiger partial charge >= 0.3 is 49.7 Å². The van der Waals surface area contributed by atoms with Gasteiger partial charge in [-0.05, 0) is 133 Å². The van der Waals surface area contributed by atoms with E-state index >= 15 is 0 Å². The maximum atomic E-state index is 14.0. The summed E-state index contributed by atoms with van der Waals surface area (Å²) in [4.78, 5) is 50.0. The topological polar surface area (TPSA) is 224 Å². The molecule has 2 amide bonds. The Kier molecular flexibility index (Phi) is 27.0. The number of anilines is 2. The molecule has 0 bridgehead atoms. The standard InChI is InChI=1S/2C33H35FN2O5.2Ca.2H/c2*1-21(2)31-30(33(41)35-25-11-7-4-8-12-25)29(22-9-5-3-6-10-22)32(23-13-15-24(34)16-14-23)36(31)18-17-26(37)19-27(38)20-28(39)40;;;;/h2*3-16,21,26-27,37-38H,17-20H2,1-2H3,(H,35,41)(H,39,40);;;;/t2*26-,27-;;;;/m11..../s1. The van der Waals surface area contributed by atoms with Gasteiger partial charge < -0.3 is 50.4 Å². The molecule has 2 aromatic heterocycles. The Morgan fingerprint density at radius 2 is 0.738 bits per heavy atom. The van der Waals surface area contributed by atoms with Crippen LogP contribution in [0.4, 0.5) is 20.2 Å². The van der Waals surface area contributed by atoms with E-state index in [0.29, 0.717) is 56.1 Å². The van der Waals surface area contributed by atoms with E-state index in [2.05, 4.69) is 10.6 Å². The first-order valence-electron chi connectivity index (χ1n) is 27.3. The largest absolute Gasteiger partial charge is 0 e. The molecule has 0 saturated heterocycles. The molecule has 0 saturated carbocycles. The molecule has 0 aliphatic heterocycles. The molecule has 18 heteroatoms. The van der Waals surface area contributed by atoms with Crippen molar-refractivity contribution in [1.29, 1.82) is 0 Å². The summed E-state index contributed by atoms with van der Waals surface area (Å²) in [6.45, 7) is 8.50. The van der Waals surface area contributed by atoms with Crippen LogP contribution in [-0.2, 0) is 22.7 Å². The molecule has 0 spiro atoms. The van der Waals surface area contributed by atoms with Crippen LogP contribution in [0.2, 0.25) is 0 Å². The summed E-state index contributed by atoms with van der Waals surface area (Å²) in [5.41, 5.74) is 9.55. The molecule has 14 nitrogen and oxygen atoms in total. The normalized spacial score (nSPS) is 12.4. The van der Waals surface area contributed by atoms with E-state index in [1.165, 1.54) is 24.3 Å². The van der Waals surface area contributed by atoms with E-state index in [9.17, 15) is 48.4 Å².